The number of carboxylic acid groups (broad SMARTS) is 2. The van der Waals surface area contributed by atoms with Gasteiger partial charge in [-0.1, -0.05) is 6.92 Å². The van der Waals surface area contributed by atoms with Crippen LogP contribution in [0.1, 0.15) is 13.3 Å². The summed E-state index contributed by atoms with van der Waals surface area (Å²) in [6.07, 6.45) is 0.616. The average molecular weight is 199 g/mol. The highest BCUT2D eigenvalue weighted by atomic mass is 16.4. The molecule has 5 nitrogen and oxygen atoms in total. The van der Waals surface area contributed by atoms with Crippen LogP contribution in [-0.2, 0) is 9.59 Å². The number of carbonyl (C=O) groups is 2. The minimum absolute atomic E-state index is 0.0244. The van der Waals surface area contributed by atoms with Crippen LogP contribution in [0.3, 0.4) is 0 Å². The lowest BCUT2D eigenvalue weighted by atomic mass is 9.83. The Morgan fingerprint density at radius 1 is 1.43 bits per heavy atom. The normalized spacial score (nSPS) is 49.9. The number of carboxylic acids is 2. The summed E-state index contributed by atoms with van der Waals surface area (Å²) in [5, 5.41) is 17.8. The van der Waals surface area contributed by atoms with Gasteiger partial charge in [-0.15, -0.1) is 0 Å². The molecule has 0 spiro atoms. The number of rotatable bonds is 2. The van der Waals surface area contributed by atoms with Gasteiger partial charge in [-0.2, -0.15) is 0 Å². The minimum atomic E-state index is -1.33. The summed E-state index contributed by atoms with van der Waals surface area (Å²) >= 11 is 0. The first-order chi connectivity index (χ1) is 6.40. The Hall–Kier alpha value is -1.10. The molecule has 0 saturated heterocycles. The van der Waals surface area contributed by atoms with Gasteiger partial charge in [0.1, 0.15) is 5.54 Å². The summed E-state index contributed by atoms with van der Waals surface area (Å²) < 4.78 is 0. The Morgan fingerprint density at radius 2 is 2.00 bits per heavy atom. The summed E-state index contributed by atoms with van der Waals surface area (Å²) in [6, 6.07) is 0. The molecule has 0 bridgehead atoms. The molecule has 2 saturated carbocycles. The van der Waals surface area contributed by atoms with Crippen LogP contribution in [0, 0.1) is 23.7 Å². The van der Waals surface area contributed by atoms with E-state index in [1.54, 1.807) is 6.92 Å². The molecule has 2 aliphatic rings. The minimum Gasteiger partial charge on any atom is -0.481 e. The molecule has 5 atom stereocenters. The van der Waals surface area contributed by atoms with E-state index >= 15 is 0 Å². The summed E-state index contributed by atoms with van der Waals surface area (Å²) in [7, 11) is 0. The second-order valence-corrected chi connectivity index (χ2v) is 4.43. The van der Waals surface area contributed by atoms with E-state index in [0.717, 1.165) is 0 Å². The van der Waals surface area contributed by atoms with Gasteiger partial charge in [0, 0.05) is 5.92 Å². The fourth-order valence-corrected chi connectivity index (χ4v) is 2.94. The van der Waals surface area contributed by atoms with Crippen molar-refractivity contribution >= 4 is 11.9 Å². The zero-order valence-corrected chi connectivity index (χ0v) is 7.80. The van der Waals surface area contributed by atoms with Crippen LogP contribution in [0.5, 0.6) is 0 Å². The molecule has 0 heterocycles. The highest BCUT2D eigenvalue weighted by Crippen LogP contribution is 2.63. The Balaban J connectivity index is 2.26. The fourth-order valence-electron chi connectivity index (χ4n) is 2.94. The van der Waals surface area contributed by atoms with Crippen molar-refractivity contribution < 1.29 is 19.8 Å². The van der Waals surface area contributed by atoms with Gasteiger partial charge >= 0.3 is 11.9 Å². The smallest absolute Gasteiger partial charge is 0.324 e. The van der Waals surface area contributed by atoms with Crippen LogP contribution in [-0.4, -0.2) is 27.7 Å². The molecule has 14 heavy (non-hydrogen) atoms. The number of fused-ring (bicyclic) bond motifs is 1. The van der Waals surface area contributed by atoms with Crippen molar-refractivity contribution in [2.75, 3.05) is 0 Å². The van der Waals surface area contributed by atoms with Crippen LogP contribution in [0.4, 0.5) is 0 Å². The molecule has 78 valence electrons. The zero-order chi connectivity index (χ0) is 10.7. The molecule has 0 aromatic carbocycles. The van der Waals surface area contributed by atoms with Gasteiger partial charge in [-0.3, -0.25) is 9.59 Å². The lowest BCUT2D eigenvalue weighted by molar-refractivity contribution is -0.147. The Morgan fingerprint density at radius 3 is 2.43 bits per heavy atom. The topological polar surface area (TPSA) is 101 Å². The Kier molecular flexibility index (Phi) is 1.67. The summed E-state index contributed by atoms with van der Waals surface area (Å²) in [5.41, 5.74) is 4.47. The zero-order valence-electron chi connectivity index (χ0n) is 7.80. The molecule has 0 aromatic heterocycles. The van der Waals surface area contributed by atoms with Crippen molar-refractivity contribution in [1.29, 1.82) is 0 Å². The fraction of sp³-hybridized carbons (Fsp3) is 0.778. The lowest BCUT2D eigenvalue weighted by Gasteiger charge is -2.27. The molecule has 0 amide bonds. The maximum absolute atomic E-state index is 11.0. The third kappa shape index (κ3) is 0.877. The maximum atomic E-state index is 11.0. The van der Waals surface area contributed by atoms with Gasteiger partial charge in [0.05, 0.1) is 5.92 Å². The molecule has 0 aromatic rings. The van der Waals surface area contributed by atoms with E-state index in [0.29, 0.717) is 6.42 Å². The van der Waals surface area contributed by atoms with Gasteiger partial charge in [0.25, 0.3) is 0 Å². The first-order valence-electron chi connectivity index (χ1n) is 4.65. The molecular weight excluding hydrogens is 186 g/mol. The third-order valence-electron chi connectivity index (χ3n) is 3.82. The standard InChI is InChI=1S/C9H13NO4/c1-3-2-4-5(7(11)12)6(4)9(3,10)8(13)14/h3-6H,2,10H2,1H3,(H,11,12)(H,13,14). The van der Waals surface area contributed by atoms with Crippen LogP contribution < -0.4 is 5.73 Å². The molecule has 2 fully saturated rings. The number of hydrogen-bond acceptors (Lipinski definition) is 3. The van der Waals surface area contributed by atoms with E-state index in [1.165, 1.54) is 0 Å². The average Bonchev–Trinajstić information content (AvgIpc) is 2.70. The van der Waals surface area contributed by atoms with E-state index in [4.69, 9.17) is 15.9 Å². The van der Waals surface area contributed by atoms with Crippen molar-refractivity contribution in [2.24, 2.45) is 29.4 Å². The summed E-state index contributed by atoms with van der Waals surface area (Å²) in [4.78, 5) is 21.8. The van der Waals surface area contributed by atoms with Crippen molar-refractivity contribution in [2.45, 2.75) is 18.9 Å². The van der Waals surface area contributed by atoms with Crippen LogP contribution in [0.25, 0.3) is 0 Å². The number of aliphatic carboxylic acids is 2. The van der Waals surface area contributed by atoms with Crippen LogP contribution in [0.2, 0.25) is 0 Å². The lowest BCUT2D eigenvalue weighted by Crippen LogP contribution is -2.54. The molecule has 5 unspecified atom stereocenters. The van der Waals surface area contributed by atoms with Crippen LogP contribution in [0.15, 0.2) is 0 Å². The van der Waals surface area contributed by atoms with Gasteiger partial charge < -0.3 is 15.9 Å². The SMILES string of the molecule is CC1CC2C(C(=O)O)C2C1(N)C(=O)O. The van der Waals surface area contributed by atoms with E-state index in [9.17, 15) is 9.59 Å². The Labute approximate surface area is 80.9 Å². The van der Waals surface area contributed by atoms with E-state index in [-0.39, 0.29) is 17.8 Å². The van der Waals surface area contributed by atoms with E-state index in [2.05, 4.69) is 0 Å². The van der Waals surface area contributed by atoms with Gasteiger partial charge in [-0.25, -0.2) is 0 Å². The summed E-state index contributed by atoms with van der Waals surface area (Å²) in [5.74, 6) is -3.04. The highest BCUT2D eigenvalue weighted by molar-refractivity contribution is 5.85. The third-order valence-corrected chi connectivity index (χ3v) is 3.82. The molecule has 2 aliphatic carbocycles. The van der Waals surface area contributed by atoms with Crippen LogP contribution >= 0.6 is 0 Å². The van der Waals surface area contributed by atoms with Crippen molar-refractivity contribution in [3.8, 4) is 0 Å². The first kappa shape index (κ1) is 9.45. The second kappa shape index (κ2) is 2.48. The predicted molar refractivity (Wildman–Crippen MR) is 46.4 cm³/mol. The molecule has 0 aliphatic heterocycles. The largest absolute Gasteiger partial charge is 0.481 e. The highest BCUT2D eigenvalue weighted by Gasteiger charge is 2.72. The van der Waals surface area contributed by atoms with E-state index < -0.39 is 23.4 Å². The molecule has 4 N–H and O–H groups in total. The van der Waals surface area contributed by atoms with Gasteiger partial charge in [0.2, 0.25) is 0 Å². The first-order valence-corrected chi connectivity index (χ1v) is 4.65. The predicted octanol–water partition coefficient (Wildman–Crippen LogP) is -0.245. The second-order valence-electron chi connectivity index (χ2n) is 4.43. The van der Waals surface area contributed by atoms with Gasteiger partial charge in [0.15, 0.2) is 0 Å². The van der Waals surface area contributed by atoms with E-state index in [1.807, 2.05) is 0 Å². The van der Waals surface area contributed by atoms with Crippen molar-refractivity contribution in [1.82, 2.24) is 0 Å². The summed E-state index contributed by atoms with van der Waals surface area (Å²) in [6.45, 7) is 1.78. The molecular formula is C9H13NO4. The maximum Gasteiger partial charge on any atom is 0.324 e. The monoisotopic (exact) mass is 199 g/mol. The quantitative estimate of drug-likeness (QED) is 0.569. The number of nitrogens with two attached hydrogens (primary N) is 1. The molecule has 2 rings (SSSR count). The Bertz CT molecular complexity index is 316. The number of hydrogen-bond donors (Lipinski definition) is 3. The molecule has 0 radical (unpaired) electrons. The van der Waals surface area contributed by atoms with Crippen molar-refractivity contribution in [3.63, 3.8) is 0 Å². The van der Waals surface area contributed by atoms with Gasteiger partial charge in [-0.05, 0) is 18.3 Å². The molecule has 5 heteroatoms. The van der Waals surface area contributed by atoms with Crippen molar-refractivity contribution in [3.05, 3.63) is 0 Å².